The fourth-order valence-electron chi connectivity index (χ4n) is 2.63. The van der Waals surface area contributed by atoms with Gasteiger partial charge in [0.25, 0.3) is 5.91 Å². The van der Waals surface area contributed by atoms with Crippen LogP contribution in [-0.2, 0) is 22.5 Å². The van der Waals surface area contributed by atoms with Gasteiger partial charge in [-0.15, -0.1) is 0 Å². The molecule has 0 aliphatic heterocycles. The van der Waals surface area contributed by atoms with Crippen LogP contribution in [0.15, 0.2) is 47.5 Å². The third-order valence-electron chi connectivity index (χ3n) is 3.87. The van der Waals surface area contributed by atoms with Crippen LogP contribution in [0, 0.1) is 5.82 Å². The second kappa shape index (κ2) is 8.25. The van der Waals surface area contributed by atoms with Crippen LogP contribution in [-0.4, -0.2) is 31.3 Å². The third-order valence-corrected chi connectivity index (χ3v) is 4.91. The summed E-state index contributed by atoms with van der Waals surface area (Å²) in [5.74, 6) is 0.117. The van der Waals surface area contributed by atoms with Crippen molar-refractivity contribution in [3.63, 3.8) is 0 Å². The SMILES string of the molecule is COCCn1c(=NC(=O)Cc2cccc(OC)c2)sc2cc(F)ccc21. The summed E-state index contributed by atoms with van der Waals surface area (Å²) in [7, 11) is 3.19. The second-order valence-electron chi connectivity index (χ2n) is 5.67. The van der Waals surface area contributed by atoms with Crippen molar-refractivity contribution in [1.82, 2.24) is 4.57 Å². The van der Waals surface area contributed by atoms with Crippen LogP contribution >= 0.6 is 11.3 Å². The third kappa shape index (κ3) is 4.17. The Kier molecular flexibility index (Phi) is 5.80. The van der Waals surface area contributed by atoms with Crippen LogP contribution in [0.25, 0.3) is 10.2 Å². The topological polar surface area (TPSA) is 52.8 Å². The van der Waals surface area contributed by atoms with Crippen molar-refractivity contribution >= 4 is 27.5 Å². The van der Waals surface area contributed by atoms with Crippen LogP contribution in [0.2, 0.25) is 0 Å². The fraction of sp³-hybridized carbons (Fsp3) is 0.263. The maximum atomic E-state index is 13.5. The quantitative estimate of drug-likeness (QED) is 0.666. The first-order chi connectivity index (χ1) is 12.6. The molecule has 0 N–H and O–H groups in total. The molecule has 0 aliphatic rings. The molecule has 0 bridgehead atoms. The normalized spacial score (nSPS) is 11.9. The summed E-state index contributed by atoms with van der Waals surface area (Å²) in [6.07, 6.45) is 0.171. The highest BCUT2D eigenvalue weighted by molar-refractivity contribution is 7.16. The van der Waals surface area contributed by atoms with E-state index in [1.165, 1.54) is 23.5 Å². The van der Waals surface area contributed by atoms with Gasteiger partial charge in [0, 0.05) is 13.7 Å². The molecule has 0 radical (unpaired) electrons. The minimum absolute atomic E-state index is 0.171. The van der Waals surface area contributed by atoms with Crippen LogP contribution in [0.4, 0.5) is 4.39 Å². The maximum Gasteiger partial charge on any atom is 0.252 e. The minimum Gasteiger partial charge on any atom is -0.497 e. The van der Waals surface area contributed by atoms with Crippen molar-refractivity contribution in [1.29, 1.82) is 0 Å². The Labute approximate surface area is 154 Å². The summed E-state index contributed by atoms with van der Waals surface area (Å²) < 4.78 is 26.5. The number of thiazole rings is 1. The summed E-state index contributed by atoms with van der Waals surface area (Å²) >= 11 is 1.29. The molecule has 7 heteroatoms. The molecule has 2 aromatic carbocycles. The molecule has 0 aliphatic carbocycles. The summed E-state index contributed by atoms with van der Waals surface area (Å²) in [6.45, 7) is 1.01. The van der Waals surface area contributed by atoms with E-state index in [9.17, 15) is 9.18 Å². The highest BCUT2D eigenvalue weighted by Crippen LogP contribution is 2.19. The van der Waals surface area contributed by atoms with Gasteiger partial charge >= 0.3 is 0 Å². The fourth-order valence-corrected chi connectivity index (χ4v) is 3.73. The smallest absolute Gasteiger partial charge is 0.252 e. The van der Waals surface area contributed by atoms with Crippen molar-refractivity contribution < 1.29 is 18.7 Å². The van der Waals surface area contributed by atoms with E-state index in [4.69, 9.17) is 9.47 Å². The van der Waals surface area contributed by atoms with Gasteiger partial charge in [-0.1, -0.05) is 23.5 Å². The molecule has 1 amide bonds. The predicted octanol–water partition coefficient (Wildman–Crippen LogP) is 3.17. The number of carbonyl (C=O) groups excluding carboxylic acids is 1. The number of aromatic nitrogens is 1. The lowest BCUT2D eigenvalue weighted by atomic mass is 10.1. The summed E-state index contributed by atoms with van der Waals surface area (Å²) in [4.78, 5) is 17.2. The Morgan fingerprint density at radius 2 is 2.08 bits per heavy atom. The first kappa shape index (κ1) is 18.3. The number of hydrogen-bond donors (Lipinski definition) is 0. The summed E-state index contributed by atoms with van der Waals surface area (Å²) in [6, 6.07) is 11.9. The average Bonchev–Trinajstić information content (AvgIpc) is 2.95. The van der Waals surface area contributed by atoms with E-state index in [0.717, 1.165) is 15.8 Å². The van der Waals surface area contributed by atoms with Crippen molar-refractivity contribution in [3.05, 3.63) is 58.6 Å². The number of hydrogen-bond acceptors (Lipinski definition) is 4. The van der Waals surface area contributed by atoms with Crippen molar-refractivity contribution in [2.75, 3.05) is 20.8 Å². The van der Waals surface area contributed by atoms with Gasteiger partial charge in [-0.25, -0.2) is 4.39 Å². The van der Waals surface area contributed by atoms with Crippen molar-refractivity contribution in [3.8, 4) is 5.75 Å². The van der Waals surface area contributed by atoms with Crippen LogP contribution in [0.1, 0.15) is 5.56 Å². The standard InChI is InChI=1S/C19H19FN2O3S/c1-24-9-8-22-16-7-6-14(20)12-17(16)26-19(22)21-18(23)11-13-4-3-5-15(10-13)25-2/h3-7,10,12H,8-9,11H2,1-2H3. The molecule has 26 heavy (non-hydrogen) atoms. The van der Waals surface area contributed by atoms with Gasteiger partial charge in [-0.2, -0.15) is 4.99 Å². The number of benzene rings is 2. The number of halogens is 1. The molecule has 0 atom stereocenters. The molecular formula is C19H19FN2O3S. The molecule has 0 spiro atoms. The van der Waals surface area contributed by atoms with Gasteiger partial charge in [0.1, 0.15) is 11.6 Å². The lowest BCUT2D eigenvalue weighted by Gasteiger charge is -2.04. The monoisotopic (exact) mass is 374 g/mol. The van der Waals surface area contributed by atoms with E-state index in [-0.39, 0.29) is 18.1 Å². The van der Waals surface area contributed by atoms with Gasteiger partial charge in [0.05, 0.1) is 30.4 Å². The summed E-state index contributed by atoms with van der Waals surface area (Å²) in [5.41, 5.74) is 1.66. The van der Waals surface area contributed by atoms with Gasteiger partial charge in [-0.3, -0.25) is 4.79 Å². The molecule has 0 saturated heterocycles. The minimum atomic E-state index is -0.313. The Morgan fingerprint density at radius 3 is 2.85 bits per heavy atom. The molecule has 1 heterocycles. The van der Waals surface area contributed by atoms with E-state index in [0.29, 0.717) is 23.7 Å². The Bertz CT molecular complexity index is 994. The molecular weight excluding hydrogens is 355 g/mol. The van der Waals surface area contributed by atoms with E-state index >= 15 is 0 Å². The van der Waals surface area contributed by atoms with Gasteiger partial charge < -0.3 is 14.0 Å². The largest absolute Gasteiger partial charge is 0.497 e. The van der Waals surface area contributed by atoms with E-state index in [2.05, 4.69) is 4.99 Å². The molecule has 0 saturated carbocycles. The lowest BCUT2D eigenvalue weighted by Crippen LogP contribution is -2.19. The first-order valence-corrected chi connectivity index (χ1v) is 8.90. The van der Waals surface area contributed by atoms with Crippen LogP contribution < -0.4 is 9.54 Å². The Balaban J connectivity index is 1.95. The van der Waals surface area contributed by atoms with Crippen LogP contribution in [0.3, 0.4) is 0 Å². The molecule has 0 unspecified atom stereocenters. The molecule has 5 nitrogen and oxygen atoms in total. The number of amides is 1. The Hall–Kier alpha value is -2.51. The number of fused-ring (bicyclic) bond motifs is 1. The van der Waals surface area contributed by atoms with Crippen molar-refractivity contribution in [2.24, 2.45) is 4.99 Å². The van der Waals surface area contributed by atoms with Gasteiger partial charge in [0.2, 0.25) is 0 Å². The van der Waals surface area contributed by atoms with Gasteiger partial charge in [0.15, 0.2) is 4.80 Å². The van der Waals surface area contributed by atoms with Crippen molar-refractivity contribution in [2.45, 2.75) is 13.0 Å². The molecule has 1 aromatic heterocycles. The zero-order chi connectivity index (χ0) is 18.5. The van der Waals surface area contributed by atoms with E-state index in [1.54, 1.807) is 20.3 Å². The van der Waals surface area contributed by atoms with E-state index < -0.39 is 0 Å². The zero-order valence-electron chi connectivity index (χ0n) is 14.6. The number of rotatable bonds is 6. The number of ether oxygens (including phenoxy) is 2. The van der Waals surface area contributed by atoms with E-state index in [1.807, 2.05) is 28.8 Å². The van der Waals surface area contributed by atoms with Gasteiger partial charge in [-0.05, 0) is 35.9 Å². The molecule has 3 rings (SSSR count). The highest BCUT2D eigenvalue weighted by atomic mass is 32.1. The molecule has 136 valence electrons. The lowest BCUT2D eigenvalue weighted by molar-refractivity contribution is -0.117. The molecule has 3 aromatic rings. The number of carbonyl (C=O) groups is 1. The van der Waals surface area contributed by atoms with Crippen LogP contribution in [0.5, 0.6) is 5.75 Å². The molecule has 0 fully saturated rings. The highest BCUT2D eigenvalue weighted by Gasteiger charge is 2.10. The maximum absolute atomic E-state index is 13.5. The number of nitrogens with zero attached hydrogens (tertiary/aromatic N) is 2. The first-order valence-electron chi connectivity index (χ1n) is 8.09. The summed E-state index contributed by atoms with van der Waals surface area (Å²) in [5, 5.41) is 0. The Morgan fingerprint density at radius 1 is 1.23 bits per heavy atom. The predicted molar refractivity (Wildman–Crippen MR) is 98.9 cm³/mol. The second-order valence-corrected chi connectivity index (χ2v) is 6.68. The zero-order valence-corrected chi connectivity index (χ0v) is 15.4. The average molecular weight is 374 g/mol. The number of methoxy groups -OCH3 is 2.